The molecule has 0 unspecified atom stereocenters. The average molecular weight is 242 g/mol. The first-order valence-electron chi connectivity index (χ1n) is 6.03. The lowest BCUT2D eigenvalue weighted by Gasteiger charge is -2.08. The predicted octanol–water partition coefficient (Wildman–Crippen LogP) is 2.69. The summed E-state index contributed by atoms with van der Waals surface area (Å²) in [5.41, 5.74) is 3.62. The lowest BCUT2D eigenvalue weighted by molar-refractivity contribution is 0.411. The zero-order valence-corrected chi connectivity index (χ0v) is 10.8. The molecule has 0 spiro atoms. The molecule has 2 aromatic rings. The van der Waals surface area contributed by atoms with Crippen LogP contribution in [0.5, 0.6) is 5.75 Å². The summed E-state index contributed by atoms with van der Waals surface area (Å²) >= 11 is 0. The number of ether oxygens (including phenoxy) is 1. The molecule has 0 fully saturated rings. The molecule has 0 saturated heterocycles. The van der Waals surface area contributed by atoms with Crippen molar-refractivity contribution in [2.75, 3.05) is 7.11 Å². The highest BCUT2D eigenvalue weighted by Gasteiger charge is 1.99. The third kappa shape index (κ3) is 3.31. The molecule has 0 aliphatic carbocycles. The van der Waals surface area contributed by atoms with Crippen molar-refractivity contribution in [1.29, 1.82) is 0 Å². The quantitative estimate of drug-likeness (QED) is 0.875. The second kappa shape index (κ2) is 6.17. The highest BCUT2D eigenvalue weighted by molar-refractivity contribution is 5.36. The van der Waals surface area contributed by atoms with E-state index in [1.54, 1.807) is 13.3 Å². The Morgan fingerprint density at radius 2 is 2.00 bits per heavy atom. The minimum atomic E-state index is 0.832. The third-order valence-electron chi connectivity index (χ3n) is 2.84. The number of hydrogen-bond donors (Lipinski definition) is 1. The van der Waals surface area contributed by atoms with Crippen molar-refractivity contribution in [3.05, 3.63) is 59.4 Å². The van der Waals surface area contributed by atoms with Gasteiger partial charge in [-0.25, -0.2) is 0 Å². The Hall–Kier alpha value is -1.87. The number of nitrogens with one attached hydrogen (secondary N) is 1. The molecule has 1 aromatic heterocycles. The normalized spacial score (nSPS) is 10.3. The zero-order chi connectivity index (χ0) is 12.8. The van der Waals surface area contributed by atoms with E-state index >= 15 is 0 Å². The fraction of sp³-hybridized carbons (Fsp3) is 0.267. The molecular formula is C15H18N2O. The first-order valence-corrected chi connectivity index (χ1v) is 6.03. The van der Waals surface area contributed by atoms with Crippen molar-refractivity contribution in [2.45, 2.75) is 20.0 Å². The number of aromatic nitrogens is 1. The molecule has 3 nitrogen and oxygen atoms in total. The van der Waals surface area contributed by atoms with E-state index in [4.69, 9.17) is 4.74 Å². The highest BCUT2D eigenvalue weighted by atomic mass is 16.5. The maximum atomic E-state index is 5.25. The van der Waals surface area contributed by atoms with Crippen molar-refractivity contribution < 1.29 is 4.74 Å². The van der Waals surface area contributed by atoms with E-state index in [0.29, 0.717) is 0 Å². The standard InChI is InChI=1S/C15H18N2O/c1-12-8-13(5-6-15(12)18-2)9-17-11-14-4-3-7-16-10-14/h3-8,10,17H,9,11H2,1-2H3. The summed E-state index contributed by atoms with van der Waals surface area (Å²) in [6, 6.07) is 10.3. The average Bonchev–Trinajstić information content (AvgIpc) is 2.40. The van der Waals surface area contributed by atoms with Crippen LogP contribution in [-0.4, -0.2) is 12.1 Å². The molecular weight excluding hydrogens is 224 g/mol. The SMILES string of the molecule is COc1ccc(CNCc2cccnc2)cc1C. The molecule has 0 atom stereocenters. The Morgan fingerprint density at radius 3 is 2.67 bits per heavy atom. The van der Waals surface area contributed by atoms with Crippen LogP contribution in [0.15, 0.2) is 42.7 Å². The number of aryl methyl sites for hydroxylation is 1. The molecule has 3 heteroatoms. The van der Waals surface area contributed by atoms with E-state index in [1.807, 2.05) is 18.3 Å². The van der Waals surface area contributed by atoms with Gasteiger partial charge in [0.25, 0.3) is 0 Å². The van der Waals surface area contributed by atoms with Gasteiger partial charge in [-0.15, -0.1) is 0 Å². The first-order chi connectivity index (χ1) is 8.79. The fourth-order valence-corrected chi connectivity index (χ4v) is 1.90. The monoisotopic (exact) mass is 242 g/mol. The van der Waals surface area contributed by atoms with Gasteiger partial charge in [0, 0.05) is 25.5 Å². The fourth-order valence-electron chi connectivity index (χ4n) is 1.90. The maximum Gasteiger partial charge on any atom is 0.121 e. The van der Waals surface area contributed by atoms with Crippen molar-refractivity contribution >= 4 is 0 Å². The Morgan fingerprint density at radius 1 is 1.17 bits per heavy atom. The maximum absolute atomic E-state index is 5.25. The van der Waals surface area contributed by atoms with Gasteiger partial charge in [0.05, 0.1) is 7.11 Å². The number of nitrogens with zero attached hydrogens (tertiary/aromatic N) is 1. The highest BCUT2D eigenvalue weighted by Crippen LogP contribution is 2.18. The van der Waals surface area contributed by atoms with E-state index < -0.39 is 0 Å². The van der Waals surface area contributed by atoms with Crippen LogP contribution in [0.4, 0.5) is 0 Å². The second-order valence-corrected chi connectivity index (χ2v) is 4.27. The number of methoxy groups -OCH3 is 1. The molecule has 0 bridgehead atoms. The van der Waals surface area contributed by atoms with Crippen LogP contribution in [0.3, 0.4) is 0 Å². The topological polar surface area (TPSA) is 34.1 Å². The van der Waals surface area contributed by atoms with E-state index in [2.05, 4.69) is 35.4 Å². The molecule has 0 aliphatic rings. The Balaban J connectivity index is 1.89. The van der Waals surface area contributed by atoms with Gasteiger partial charge in [0.15, 0.2) is 0 Å². The molecule has 0 aliphatic heterocycles. The smallest absolute Gasteiger partial charge is 0.121 e. The second-order valence-electron chi connectivity index (χ2n) is 4.27. The van der Waals surface area contributed by atoms with E-state index in [9.17, 15) is 0 Å². The number of hydrogen-bond acceptors (Lipinski definition) is 3. The molecule has 0 saturated carbocycles. The summed E-state index contributed by atoms with van der Waals surface area (Å²) in [5.74, 6) is 0.936. The Labute approximate surface area is 108 Å². The van der Waals surface area contributed by atoms with Gasteiger partial charge in [-0.2, -0.15) is 0 Å². The summed E-state index contributed by atoms with van der Waals surface area (Å²) in [6.45, 7) is 3.74. The number of rotatable bonds is 5. The molecule has 0 amide bonds. The van der Waals surface area contributed by atoms with Crippen molar-refractivity contribution in [1.82, 2.24) is 10.3 Å². The summed E-state index contributed by atoms with van der Waals surface area (Å²) in [7, 11) is 1.70. The number of pyridine rings is 1. The third-order valence-corrected chi connectivity index (χ3v) is 2.84. The lowest BCUT2D eigenvalue weighted by atomic mass is 10.1. The van der Waals surface area contributed by atoms with Crippen LogP contribution in [0, 0.1) is 6.92 Å². The van der Waals surface area contributed by atoms with Crippen LogP contribution in [-0.2, 0) is 13.1 Å². The molecule has 1 aromatic carbocycles. The van der Waals surface area contributed by atoms with Gasteiger partial charge in [-0.3, -0.25) is 4.98 Å². The van der Waals surface area contributed by atoms with Gasteiger partial charge >= 0.3 is 0 Å². The molecule has 0 radical (unpaired) electrons. The summed E-state index contributed by atoms with van der Waals surface area (Å²) < 4.78 is 5.25. The van der Waals surface area contributed by atoms with E-state index in [0.717, 1.165) is 24.4 Å². The molecule has 94 valence electrons. The van der Waals surface area contributed by atoms with Gasteiger partial charge in [0.2, 0.25) is 0 Å². The first kappa shape index (κ1) is 12.6. The van der Waals surface area contributed by atoms with E-state index in [1.165, 1.54) is 11.1 Å². The minimum Gasteiger partial charge on any atom is -0.496 e. The van der Waals surface area contributed by atoms with Crippen LogP contribution in [0.2, 0.25) is 0 Å². The lowest BCUT2D eigenvalue weighted by Crippen LogP contribution is -2.12. The molecule has 1 N–H and O–H groups in total. The van der Waals surface area contributed by atoms with E-state index in [-0.39, 0.29) is 0 Å². The minimum absolute atomic E-state index is 0.832. The van der Waals surface area contributed by atoms with Gasteiger partial charge in [0.1, 0.15) is 5.75 Å². The summed E-state index contributed by atoms with van der Waals surface area (Å²) in [5, 5.41) is 3.40. The van der Waals surface area contributed by atoms with Crippen LogP contribution >= 0.6 is 0 Å². The summed E-state index contributed by atoms with van der Waals surface area (Å²) in [4.78, 5) is 4.09. The number of benzene rings is 1. The summed E-state index contributed by atoms with van der Waals surface area (Å²) in [6.07, 6.45) is 3.67. The van der Waals surface area contributed by atoms with Crippen molar-refractivity contribution in [3.63, 3.8) is 0 Å². The molecule has 2 rings (SSSR count). The van der Waals surface area contributed by atoms with Crippen LogP contribution in [0.25, 0.3) is 0 Å². The zero-order valence-electron chi connectivity index (χ0n) is 10.8. The Bertz CT molecular complexity index is 497. The molecule has 18 heavy (non-hydrogen) atoms. The predicted molar refractivity (Wildman–Crippen MR) is 72.5 cm³/mol. The largest absolute Gasteiger partial charge is 0.496 e. The van der Waals surface area contributed by atoms with Crippen molar-refractivity contribution in [3.8, 4) is 5.75 Å². The van der Waals surface area contributed by atoms with Gasteiger partial charge < -0.3 is 10.1 Å². The molecule has 1 heterocycles. The van der Waals surface area contributed by atoms with Crippen molar-refractivity contribution in [2.24, 2.45) is 0 Å². The van der Waals surface area contributed by atoms with Crippen LogP contribution < -0.4 is 10.1 Å². The van der Waals surface area contributed by atoms with Gasteiger partial charge in [-0.05, 0) is 35.7 Å². The van der Waals surface area contributed by atoms with Crippen LogP contribution in [0.1, 0.15) is 16.7 Å². The Kier molecular flexibility index (Phi) is 4.31. The van der Waals surface area contributed by atoms with Gasteiger partial charge in [-0.1, -0.05) is 18.2 Å².